The minimum atomic E-state index is -0.732. The first-order valence-electron chi connectivity index (χ1n) is 15.8. The van der Waals surface area contributed by atoms with Crippen molar-refractivity contribution in [3.63, 3.8) is 0 Å². The summed E-state index contributed by atoms with van der Waals surface area (Å²) >= 11 is 0. The maximum Gasteiger partial charge on any atom is 0.256 e. The number of hydrogen-bond donors (Lipinski definition) is 0. The number of rotatable bonds is 9. The molecule has 47 heavy (non-hydrogen) atoms. The highest BCUT2D eigenvalue weighted by Gasteiger charge is 2.33. The van der Waals surface area contributed by atoms with Crippen molar-refractivity contribution in [3.8, 4) is 22.8 Å². The molecule has 2 amide bonds. The van der Waals surface area contributed by atoms with Gasteiger partial charge >= 0.3 is 0 Å². The van der Waals surface area contributed by atoms with Gasteiger partial charge < -0.3 is 19.3 Å². The van der Waals surface area contributed by atoms with Crippen LogP contribution >= 0.6 is 0 Å². The lowest BCUT2D eigenvalue weighted by atomic mass is 9.96. The second-order valence-electron chi connectivity index (χ2n) is 12.2. The number of hydrogen-bond acceptors (Lipinski definition) is 6. The molecule has 0 unspecified atom stereocenters. The Morgan fingerprint density at radius 3 is 2.21 bits per heavy atom. The molecule has 1 aromatic heterocycles. The summed E-state index contributed by atoms with van der Waals surface area (Å²) in [7, 11) is 3.12. The van der Waals surface area contributed by atoms with Gasteiger partial charge in [-0.15, -0.1) is 0 Å². The fourth-order valence-electron chi connectivity index (χ4n) is 6.38. The number of pyridine rings is 1. The summed E-state index contributed by atoms with van der Waals surface area (Å²) in [5.41, 5.74) is 3.58. The smallest absolute Gasteiger partial charge is 0.256 e. The predicted octanol–water partition coefficient (Wildman–Crippen LogP) is 5.96. The van der Waals surface area contributed by atoms with E-state index >= 15 is 0 Å². The third-order valence-corrected chi connectivity index (χ3v) is 9.02. The highest BCUT2D eigenvalue weighted by atomic mass is 19.1. The van der Waals surface area contributed by atoms with Gasteiger partial charge in [-0.05, 0) is 73.9 Å². The molecule has 3 heterocycles. The summed E-state index contributed by atoms with van der Waals surface area (Å²) in [4.78, 5) is 37.7. The summed E-state index contributed by atoms with van der Waals surface area (Å²) in [5.74, 6) is -0.500. The molecule has 4 aromatic rings. The van der Waals surface area contributed by atoms with Crippen LogP contribution in [0.25, 0.3) is 11.3 Å². The van der Waals surface area contributed by atoms with Crippen LogP contribution in [0.1, 0.15) is 56.9 Å². The summed E-state index contributed by atoms with van der Waals surface area (Å²) in [6.07, 6.45) is 0.306. The van der Waals surface area contributed by atoms with Crippen LogP contribution in [-0.2, 0) is 19.5 Å². The van der Waals surface area contributed by atoms with Crippen LogP contribution in [0.4, 0.5) is 8.78 Å². The lowest BCUT2D eigenvalue weighted by Crippen LogP contribution is -2.50. The Hall–Kier alpha value is -4.83. The Kier molecular flexibility index (Phi) is 9.22. The zero-order chi connectivity index (χ0) is 33.2. The molecule has 0 atom stereocenters. The van der Waals surface area contributed by atoms with Gasteiger partial charge in [-0.3, -0.25) is 14.5 Å². The fraction of sp³-hybridized carbons (Fsp3) is 0.324. The van der Waals surface area contributed by atoms with E-state index in [9.17, 15) is 18.4 Å². The fourth-order valence-corrected chi connectivity index (χ4v) is 6.38. The number of nitrogens with zero attached hydrogens (tertiary/aromatic N) is 4. The number of amides is 2. The van der Waals surface area contributed by atoms with E-state index in [1.165, 1.54) is 18.2 Å². The molecule has 244 valence electrons. The highest BCUT2D eigenvalue weighted by molar-refractivity contribution is 6.00. The van der Waals surface area contributed by atoms with Crippen LogP contribution in [0.15, 0.2) is 66.7 Å². The minimum Gasteiger partial charge on any atom is -0.497 e. The Bertz CT molecular complexity index is 1780. The number of halogens is 2. The second-order valence-corrected chi connectivity index (χ2v) is 12.2. The van der Waals surface area contributed by atoms with Crippen molar-refractivity contribution >= 4 is 11.8 Å². The second kappa shape index (κ2) is 13.5. The van der Waals surface area contributed by atoms with Gasteiger partial charge in [-0.2, -0.15) is 0 Å². The van der Waals surface area contributed by atoms with Gasteiger partial charge in [-0.25, -0.2) is 13.8 Å². The maximum atomic E-state index is 14.9. The number of methoxy groups -OCH3 is 2. The van der Waals surface area contributed by atoms with Crippen LogP contribution < -0.4 is 9.47 Å². The van der Waals surface area contributed by atoms with Gasteiger partial charge in [0.2, 0.25) is 0 Å². The number of carbonyl (C=O) groups excluding carboxylic acids is 2. The highest BCUT2D eigenvalue weighted by Crippen LogP contribution is 2.35. The number of carbonyl (C=O) groups is 2. The molecule has 2 aliphatic heterocycles. The van der Waals surface area contributed by atoms with E-state index in [-0.39, 0.29) is 36.2 Å². The molecule has 3 aromatic carbocycles. The predicted molar refractivity (Wildman–Crippen MR) is 175 cm³/mol. The number of fused-ring (bicyclic) bond motifs is 1. The molecule has 0 spiro atoms. The quantitative estimate of drug-likeness (QED) is 0.225. The summed E-state index contributed by atoms with van der Waals surface area (Å²) in [6.45, 7) is 7.77. The number of ether oxygens (including phenoxy) is 2. The average Bonchev–Trinajstić information content (AvgIpc) is 3.39. The number of aromatic nitrogens is 1. The van der Waals surface area contributed by atoms with E-state index in [4.69, 9.17) is 9.47 Å². The Balaban J connectivity index is 1.29. The van der Waals surface area contributed by atoms with Crippen molar-refractivity contribution in [2.75, 3.05) is 40.4 Å². The van der Waals surface area contributed by atoms with Gasteiger partial charge in [0, 0.05) is 49.4 Å². The van der Waals surface area contributed by atoms with Crippen LogP contribution in [0, 0.1) is 11.6 Å². The summed E-state index contributed by atoms with van der Waals surface area (Å²) in [5, 5.41) is 0. The van der Waals surface area contributed by atoms with Gasteiger partial charge in [0.1, 0.15) is 23.1 Å². The topological polar surface area (TPSA) is 75.2 Å². The van der Waals surface area contributed by atoms with Crippen molar-refractivity contribution in [1.29, 1.82) is 0 Å². The monoisotopic (exact) mass is 640 g/mol. The van der Waals surface area contributed by atoms with Crippen LogP contribution in [-0.4, -0.2) is 77.9 Å². The molecule has 1 saturated heterocycles. The number of piperazine rings is 1. The molecular weight excluding hydrogens is 602 g/mol. The normalized spacial score (nSPS) is 14.9. The Morgan fingerprint density at radius 2 is 1.57 bits per heavy atom. The zero-order valence-corrected chi connectivity index (χ0v) is 27.1. The lowest BCUT2D eigenvalue weighted by molar-refractivity contribution is 0.0595. The molecule has 0 aliphatic carbocycles. The van der Waals surface area contributed by atoms with Crippen molar-refractivity contribution in [2.45, 2.75) is 39.4 Å². The molecule has 10 heteroatoms. The van der Waals surface area contributed by atoms with Gasteiger partial charge in [0.15, 0.2) is 0 Å². The van der Waals surface area contributed by atoms with Crippen molar-refractivity contribution in [2.24, 2.45) is 0 Å². The first kappa shape index (κ1) is 32.1. The van der Waals surface area contributed by atoms with E-state index in [2.05, 4.69) is 23.7 Å². The molecule has 2 aliphatic rings. The molecule has 0 saturated carbocycles. The SMILES string of the molecule is COc1ccc(CN2Cc3nc(-c4c(F)cccc4F)cc(Cc4ccc(C(=O)N5CCN(C(C)C)CC5)cc4)c3C2=O)c(OC)c1. The Morgan fingerprint density at radius 1 is 0.872 bits per heavy atom. The van der Waals surface area contributed by atoms with Crippen LogP contribution in [0.5, 0.6) is 11.5 Å². The Labute approximate surface area is 273 Å². The molecule has 1 fully saturated rings. The molecule has 0 bridgehead atoms. The van der Waals surface area contributed by atoms with Crippen molar-refractivity contribution in [3.05, 3.63) is 112 Å². The van der Waals surface area contributed by atoms with E-state index in [1.54, 1.807) is 49.5 Å². The molecule has 8 nitrogen and oxygen atoms in total. The standard InChI is InChI=1S/C37H38F2N4O4/c1-23(2)41-14-16-42(17-15-41)36(44)25-10-8-24(9-11-25)18-27-19-31(35-29(38)6-5-7-30(35)39)40-32-22-43(37(45)34(27)32)21-26-12-13-28(46-3)20-33(26)47-4/h5-13,19-20,23H,14-18,21-22H2,1-4H3. The first-order valence-corrected chi connectivity index (χ1v) is 15.8. The minimum absolute atomic E-state index is 0.0122. The zero-order valence-electron chi connectivity index (χ0n) is 27.1. The summed E-state index contributed by atoms with van der Waals surface area (Å²) in [6, 6.07) is 18.5. The van der Waals surface area contributed by atoms with E-state index in [0.717, 1.165) is 24.2 Å². The molecule has 0 N–H and O–H groups in total. The largest absolute Gasteiger partial charge is 0.497 e. The third kappa shape index (κ3) is 6.55. The van der Waals surface area contributed by atoms with Gasteiger partial charge in [0.05, 0.1) is 49.8 Å². The molecular formula is C37H38F2N4O4. The third-order valence-electron chi connectivity index (χ3n) is 9.02. The van der Waals surface area contributed by atoms with Gasteiger partial charge in [-0.1, -0.05) is 18.2 Å². The first-order chi connectivity index (χ1) is 22.7. The maximum absolute atomic E-state index is 14.9. The molecule has 6 rings (SSSR count). The van der Waals surface area contributed by atoms with Gasteiger partial charge in [0.25, 0.3) is 11.8 Å². The van der Waals surface area contributed by atoms with E-state index in [0.29, 0.717) is 59.4 Å². The van der Waals surface area contributed by atoms with E-state index < -0.39 is 11.6 Å². The van der Waals surface area contributed by atoms with Crippen molar-refractivity contribution < 1.29 is 27.8 Å². The van der Waals surface area contributed by atoms with Crippen LogP contribution in [0.3, 0.4) is 0 Å². The van der Waals surface area contributed by atoms with Crippen LogP contribution in [0.2, 0.25) is 0 Å². The van der Waals surface area contributed by atoms with Crippen molar-refractivity contribution in [1.82, 2.24) is 19.7 Å². The van der Waals surface area contributed by atoms with E-state index in [1.807, 2.05) is 23.1 Å². The average molecular weight is 641 g/mol. The molecule has 0 radical (unpaired) electrons. The summed E-state index contributed by atoms with van der Waals surface area (Å²) < 4.78 is 40.8. The lowest BCUT2D eigenvalue weighted by Gasteiger charge is -2.37. The number of benzene rings is 3.